The van der Waals surface area contributed by atoms with Crippen molar-refractivity contribution in [3.63, 3.8) is 0 Å². The van der Waals surface area contributed by atoms with Crippen LogP contribution in [-0.2, 0) is 0 Å². The Hall–Kier alpha value is -0.0800. The summed E-state index contributed by atoms with van der Waals surface area (Å²) >= 11 is 0. The Bertz CT molecular complexity index is 127. The summed E-state index contributed by atoms with van der Waals surface area (Å²) < 4.78 is 0. The van der Waals surface area contributed by atoms with Crippen molar-refractivity contribution in [2.24, 2.45) is 5.41 Å². The molecule has 0 aromatic carbocycles. The standard InChI is InChI=1S/C9H20N2.C2H6/c1-9(2,3)8-7-11(4)6-5-10-8;1-2/h8,10H,5-7H2,1-4H3;1-2H3. The third-order valence-corrected chi connectivity index (χ3v) is 2.42. The molecule has 1 N–H and O–H groups in total. The van der Waals surface area contributed by atoms with Gasteiger partial charge in [0.15, 0.2) is 0 Å². The zero-order valence-electron chi connectivity index (χ0n) is 10.1. The summed E-state index contributed by atoms with van der Waals surface area (Å²) in [5.41, 5.74) is 0.398. The first kappa shape index (κ1) is 12.9. The maximum atomic E-state index is 3.55. The molecule has 1 aliphatic rings. The summed E-state index contributed by atoms with van der Waals surface area (Å²) in [7, 11) is 2.19. The van der Waals surface area contributed by atoms with Crippen LogP contribution >= 0.6 is 0 Å². The van der Waals surface area contributed by atoms with E-state index in [4.69, 9.17) is 0 Å². The minimum Gasteiger partial charge on any atom is -0.311 e. The molecule has 2 nitrogen and oxygen atoms in total. The van der Waals surface area contributed by atoms with Gasteiger partial charge in [0, 0.05) is 25.7 Å². The number of hydrogen-bond donors (Lipinski definition) is 1. The first-order valence-electron chi connectivity index (χ1n) is 5.42. The van der Waals surface area contributed by atoms with Gasteiger partial charge < -0.3 is 10.2 Å². The molecule has 1 heterocycles. The van der Waals surface area contributed by atoms with E-state index in [1.54, 1.807) is 0 Å². The summed E-state index contributed by atoms with van der Waals surface area (Å²) in [6.07, 6.45) is 0. The van der Waals surface area contributed by atoms with Gasteiger partial charge in [0.2, 0.25) is 0 Å². The summed E-state index contributed by atoms with van der Waals surface area (Å²) in [5.74, 6) is 0. The van der Waals surface area contributed by atoms with Crippen LogP contribution in [0.1, 0.15) is 34.6 Å². The fourth-order valence-corrected chi connectivity index (χ4v) is 1.48. The maximum absolute atomic E-state index is 3.55. The minimum atomic E-state index is 0.398. The highest BCUT2D eigenvalue weighted by Crippen LogP contribution is 2.20. The van der Waals surface area contributed by atoms with Crippen LogP contribution in [0.5, 0.6) is 0 Å². The number of likely N-dealkylation sites (N-methyl/N-ethyl adjacent to an activating group) is 1. The van der Waals surface area contributed by atoms with E-state index >= 15 is 0 Å². The molecule has 0 aromatic rings. The second-order valence-corrected chi connectivity index (χ2v) is 4.63. The molecule has 80 valence electrons. The zero-order chi connectivity index (χ0) is 10.5. The van der Waals surface area contributed by atoms with E-state index in [1.165, 1.54) is 13.1 Å². The lowest BCUT2D eigenvalue weighted by Crippen LogP contribution is -2.54. The number of nitrogens with zero attached hydrogens (tertiary/aromatic N) is 1. The average Bonchev–Trinajstić information content (AvgIpc) is 2.06. The fraction of sp³-hybridized carbons (Fsp3) is 1.00. The van der Waals surface area contributed by atoms with Gasteiger partial charge in [-0.05, 0) is 12.5 Å². The first-order valence-corrected chi connectivity index (χ1v) is 5.42. The zero-order valence-corrected chi connectivity index (χ0v) is 10.1. The monoisotopic (exact) mass is 186 g/mol. The van der Waals surface area contributed by atoms with E-state index in [0.29, 0.717) is 11.5 Å². The highest BCUT2D eigenvalue weighted by Gasteiger charge is 2.27. The van der Waals surface area contributed by atoms with Gasteiger partial charge in [-0.1, -0.05) is 34.6 Å². The molecule has 13 heavy (non-hydrogen) atoms. The van der Waals surface area contributed by atoms with Crippen molar-refractivity contribution >= 4 is 0 Å². The summed E-state index contributed by atoms with van der Waals surface area (Å²) in [6, 6.07) is 0.654. The van der Waals surface area contributed by atoms with E-state index < -0.39 is 0 Å². The molecule has 0 aromatic heterocycles. The molecule has 0 saturated carbocycles. The molecular weight excluding hydrogens is 160 g/mol. The van der Waals surface area contributed by atoms with E-state index in [9.17, 15) is 0 Å². The number of nitrogens with one attached hydrogen (secondary N) is 1. The lowest BCUT2D eigenvalue weighted by molar-refractivity contribution is 0.156. The van der Waals surface area contributed by atoms with Crippen LogP contribution in [0, 0.1) is 5.41 Å². The van der Waals surface area contributed by atoms with E-state index in [-0.39, 0.29) is 0 Å². The molecule has 1 aliphatic heterocycles. The normalized spacial score (nSPS) is 24.9. The Labute approximate surface area is 83.7 Å². The minimum absolute atomic E-state index is 0.398. The molecule has 1 atom stereocenters. The molecule has 0 aliphatic carbocycles. The molecule has 1 fully saturated rings. The Morgan fingerprint density at radius 3 is 2.08 bits per heavy atom. The van der Waals surface area contributed by atoms with Gasteiger partial charge >= 0.3 is 0 Å². The van der Waals surface area contributed by atoms with Gasteiger partial charge in [-0.25, -0.2) is 0 Å². The van der Waals surface area contributed by atoms with Crippen molar-refractivity contribution in [3.05, 3.63) is 0 Å². The largest absolute Gasteiger partial charge is 0.311 e. The van der Waals surface area contributed by atoms with Crippen LogP contribution < -0.4 is 5.32 Å². The maximum Gasteiger partial charge on any atom is 0.0243 e. The van der Waals surface area contributed by atoms with Crippen LogP contribution in [0.2, 0.25) is 0 Å². The van der Waals surface area contributed by atoms with Crippen LogP contribution in [0.3, 0.4) is 0 Å². The van der Waals surface area contributed by atoms with Gasteiger partial charge in [-0.3, -0.25) is 0 Å². The molecule has 0 radical (unpaired) electrons. The second-order valence-electron chi connectivity index (χ2n) is 4.63. The molecule has 0 bridgehead atoms. The summed E-state index contributed by atoms with van der Waals surface area (Å²) in [6.45, 7) is 14.4. The van der Waals surface area contributed by atoms with Crippen molar-refractivity contribution in [1.82, 2.24) is 10.2 Å². The highest BCUT2D eigenvalue weighted by molar-refractivity contribution is 4.85. The van der Waals surface area contributed by atoms with E-state index in [0.717, 1.165) is 6.54 Å². The van der Waals surface area contributed by atoms with Gasteiger partial charge in [0.25, 0.3) is 0 Å². The number of piperazine rings is 1. The van der Waals surface area contributed by atoms with Crippen molar-refractivity contribution in [1.29, 1.82) is 0 Å². The molecular formula is C11H26N2. The quantitative estimate of drug-likeness (QED) is 0.622. The van der Waals surface area contributed by atoms with Crippen molar-refractivity contribution in [2.75, 3.05) is 26.7 Å². The molecule has 1 unspecified atom stereocenters. The van der Waals surface area contributed by atoms with Gasteiger partial charge in [0.1, 0.15) is 0 Å². The summed E-state index contributed by atoms with van der Waals surface area (Å²) in [4.78, 5) is 2.40. The third kappa shape index (κ3) is 4.63. The predicted molar refractivity (Wildman–Crippen MR) is 60.1 cm³/mol. The Morgan fingerprint density at radius 1 is 1.23 bits per heavy atom. The second kappa shape index (κ2) is 5.61. The van der Waals surface area contributed by atoms with Crippen LogP contribution in [0.25, 0.3) is 0 Å². The highest BCUT2D eigenvalue weighted by atomic mass is 15.2. The fourth-order valence-electron chi connectivity index (χ4n) is 1.48. The molecule has 0 amide bonds. The molecule has 2 heteroatoms. The Kier molecular flexibility index (Phi) is 5.57. The van der Waals surface area contributed by atoms with Crippen LogP contribution in [0.4, 0.5) is 0 Å². The molecule has 1 rings (SSSR count). The van der Waals surface area contributed by atoms with Gasteiger partial charge in [-0.2, -0.15) is 0 Å². The van der Waals surface area contributed by atoms with Crippen molar-refractivity contribution in [3.8, 4) is 0 Å². The first-order chi connectivity index (χ1) is 6.00. The Morgan fingerprint density at radius 2 is 1.77 bits per heavy atom. The number of rotatable bonds is 0. The van der Waals surface area contributed by atoms with E-state index in [2.05, 4.69) is 38.0 Å². The average molecular weight is 186 g/mol. The molecule has 1 saturated heterocycles. The van der Waals surface area contributed by atoms with Gasteiger partial charge in [0.05, 0.1) is 0 Å². The predicted octanol–water partition coefficient (Wildman–Crippen LogP) is 1.96. The summed E-state index contributed by atoms with van der Waals surface area (Å²) in [5, 5.41) is 3.55. The SMILES string of the molecule is CC.CN1CCNC(C(C)(C)C)C1. The smallest absolute Gasteiger partial charge is 0.0243 e. The molecule has 0 spiro atoms. The lowest BCUT2D eigenvalue weighted by atomic mass is 9.85. The van der Waals surface area contributed by atoms with E-state index in [1.807, 2.05) is 13.8 Å². The lowest BCUT2D eigenvalue weighted by Gasteiger charge is -2.38. The van der Waals surface area contributed by atoms with Crippen molar-refractivity contribution in [2.45, 2.75) is 40.7 Å². The topological polar surface area (TPSA) is 15.3 Å². The van der Waals surface area contributed by atoms with Gasteiger partial charge in [-0.15, -0.1) is 0 Å². The van der Waals surface area contributed by atoms with Crippen molar-refractivity contribution < 1.29 is 0 Å². The van der Waals surface area contributed by atoms with Crippen LogP contribution in [0.15, 0.2) is 0 Å². The van der Waals surface area contributed by atoms with Crippen LogP contribution in [-0.4, -0.2) is 37.6 Å². The third-order valence-electron chi connectivity index (χ3n) is 2.42. The number of hydrogen-bond acceptors (Lipinski definition) is 2. The Balaban J connectivity index is 0.000000671.